The summed E-state index contributed by atoms with van der Waals surface area (Å²) in [6.07, 6.45) is 3.69. The molecule has 1 aromatic heterocycles. The molecule has 10 heteroatoms. The Morgan fingerprint density at radius 3 is 2.78 bits per heavy atom. The molecule has 0 spiro atoms. The number of nitrogens with two attached hydrogens (primary N) is 1. The Morgan fingerprint density at radius 2 is 1.97 bits per heavy atom. The summed E-state index contributed by atoms with van der Waals surface area (Å²) in [6, 6.07) is 10.4. The van der Waals surface area contributed by atoms with Gasteiger partial charge in [0, 0.05) is 42.5 Å². The smallest absolute Gasteiger partial charge is 0.409 e. The standard InChI is InChI=1S/C26H28N6O4/c27-13-15-5-7-18-16(11-15)9-10-32(25(18)34)22-3-1-2-4-23(33)30-20-12-17(29-26(35)36)6-8-19(20)21-14-28-24(22)31-21/h5-8,11-12,14,22,29H,1-4,9-10,13,27H2,(H,28,31)(H,30,33)(H,35,36)/t22-/m0/s1. The number of carbonyl (C=O) groups is 3. The molecule has 6 N–H and O–H groups in total. The zero-order valence-electron chi connectivity index (χ0n) is 19.7. The number of nitrogens with one attached hydrogen (secondary N) is 3. The van der Waals surface area contributed by atoms with Crippen molar-refractivity contribution in [3.63, 3.8) is 0 Å². The molecule has 2 aromatic carbocycles. The van der Waals surface area contributed by atoms with Gasteiger partial charge in [0.2, 0.25) is 5.91 Å². The molecule has 0 saturated heterocycles. The first kappa shape index (κ1) is 23.6. The summed E-state index contributed by atoms with van der Waals surface area (Å²) in [4.78, 5) is 47.2. The Bertz CT molecular complexity index is 1330. The maximum absolute atomic E-state index is 13.5. The fraction of sp³-hybridized carbons (Fsp3) is 0.308. The predicted octanol–water partition coefficient (Wildman–Crippen LogP) is 3.88. The van der Waals surface area contributed by atoms with Crippen molar-refractivity contribution in [3.05, 3.63) is 65.1 Å². The number of aromatic amines is 1. The molecule has 0 radical (unpaired) electrons. The van der Waals surface area contributed by atoms with Gasteiger partial charge in [-0.15, -0.1) is 0 Å². The first-order chi connectivity index (χ1) is 17.4. The van der Waals surface area contributed by atoms with Crippen LogP contribution in [0, 0.1) is 0 Å². The third-order valence-corrected chi connectivity index (χ3v) is 6.76. The van der Waals surface area contributed by atoms with Crippen LogP contribution in [0.4, 0.5) is 16.2 Å². The van der Waals surface area contributed by atoms with E-state index in [1.807, 2.05) is 23.1 Å². The minimum atomic E-state index is -1.19. The van der Waals surface area contributed by atoms with Crippen LogP contribution in [-0.2, 0) is 17.8 Å². The summed E-state index contributed by atoms with van der Waals surface area (Å²) >= 11 is 0. The molecule has 0 fully saturated rings. The number of anilines is 2. The molecule has 0 saturated carbocycles. The highest BCUT2D eigenvalue weighted by atomic mass is 16.4. The van der Waals surface area contributed by atoms with E-state index in [0.29, 0.717) is 66.4 Å². The Morgan fingerprint density at radius 1 is 1.14 bits per heavy atom. The van der Waals surface area contributed by atoms with Gasteiger partial charge in [-0.25, -0.2) is 9.78 Å². The number of imidazole rings is 1. The second-order valence-electron chi connectivity index (χ2n) is 9.12. The molecule has 2 aliphatic rings. The highest BCUT2D eigenvalue weighted by Gasteiger charge is 2.32. The number of H-pyrrole nitrogens is 1. The largest absolute Gasteiger partial charge is 0.465 e. The normalized spacial score (nSPS) is 17.8. The predicted molar refractivity (Wildman–Crippen MR) is 135 cm³/mol. The third kappa shape index (κ3) is 4.67. The van der Waals surface area contributed by atoms with Crippen LogP contribution in [0.2, 0.25) is 0 Å². The molecule has 10 nitrogen and oxygen atoms in total. The molecule has 3 amide bonds. The molecule has 2 aliphatic heterocycles. The van der Waals surface area contributed by atoms with Crippen LogP contribution in [0.25, 0.3) is 11.3 Å². The topological polar surface area (TPSA) is 153 Å². The van der Waals surface area contributed by atoms with E-state index in [1.54, 1.807) is 24.4 Å². The lowest BCUT2D eigenvalue weighted by atomic mass is 9.94. The first-order valence-corrected chi connectivity index (χ1v) is 12.1. The number of hydrogen-bond donors (Lipinski definition) is 5. The molecule has 186 valence electrons. The Balaban J connectivity index is 1.50. The van der Waals surface area contributed by atoms with E-state index in [9.17, 15) is 14.4 Å². The summed E-state index contributed by atoms with van der Waals surface area (Å²) in [5.74, 6) is 0.499. The van der Waals surface area contributed by atoms with Gasteiger partial charge in [0.25, 0.3) is 5.91 Å². The van der Waals surface area contributed by atoms with Crippen molar-refractivity contribution in [2.75, 3.05) is 17.2 Å². The summed E-state index contributed by atoms with van der Waals surface area (Å²) in [5.41, 5.74) is 10.6. The third-order valence-electron chi connectivity index (χ3n) is 6.76. The SMILES string of the molecule is NCc1ccc2c(c1)CCN([C@H]1CCCCC(=O)Nc3cc(NC(=O)O)ccc3-c3c[nH]c1n3)C2=O. The van der Waals surface area contributed by atoms with Crippen LogP contribution in [0.3, 0.4) is 0 Å². The van der Waals surface area contributed by atoms with E-state index < -0.39 is 6.09 Å². The van der Waals surface area contributed by atoms with Gasteiger partial charge in [-0.05, 0) is 54.7 Å². The average molecular weight is 489 g/mol. The summed E-state index contributed by atoms with van der Waals surface area (Å²) in [5, 5.41) is 14.3. The maximum Gasteiger partial charge on any atom is 0.409 e. The van der Waals surface area contributed by atoms with Crippen molar-refractivity contribution < 1.29 is 19.5 Å². The number of hydrogen-bond acceptors (Lipinski definition) is 5. The summed E-state index contributed by atoms with van der Waals surface area (Å²) in [7, 11) is 0. The van der Waals surface area contributed by atoms with Gasteiger partial charge in [-0.2, -0.15) is 0 Å². The highest BCUT2D eigenvalue weighted by molar-refractivity contribution is 5.98. The van der Waals surface area contributed by atoms with E-state index in [-0.39, 0.29) is 17.9 Å². The minimum absolute atomic E-state index is 0.0302. The van der Waals surface area contributed by atoms with Crippen LogP contribution >= 0.6 is 0 Å². The lowest BCUT2D eigenvalue weighted by Crippen LogP contribution is -2.41. The Kier molecular flexibility index (Phi) is 6.43. The van der Waals surface area contributed by atoms with Crippen molar-refractivity contribution in [1.29, 1.82) is 0 Å². The second-order valence-corrected chi connectivity index (χ2v) is 9.12. The van der Waals surface area contributed by atoms with Crippen molar-refractivity contribution in [2.45, 2.75) is 44.7 Å². The molecule has 3 heterocycles. The van der Waals surface area contributed by atoms with Crippen molar-refractivity contribution in [2.24, 2.45) is 5.73 Å². The molecule has 1 atom stereocenters. The molecule has 2 bridgehead atoms. The summed E-state index contributed by atoms with van der Waals surface area (Å²) in [6.45, 7) is 1.01. The number of carbonyl (C=O) groups excluding carboxylic acids is 2. The van der Waals surface area contributed by atoms with Gasteiger partial charge in [-0.3, -0.25) is 14.9 Å². The Labute approximate surface area is 207 Å². The van der Waals surface area contributed by atoms with Gasteiger partial charge < -0.3 is 26.0 Å². The zero-order chi connectivity index (χ0) is 25.2. The summed E-state index contributed by atoms with van der Waals surface area (Å²) < 4.78 is 0. The van der Waals surface area contributed by atoms with E-state index in [0.717, 1.165) is 24.0 Å². The van der Waals surface area contributed by atoms with Gasteiger partial charge in [0.1, 0.15) is 5.82 Å². The Hall–Kier alpha value is -4.18. The van der Waals surface area contributed by atoms with E-state index in [2.05, 4.69) is 15.6 Å². The van der Waals surface area contributed by atoms with Gasteiger partial charge in [0.15, 0.2) is 0 Å². The minimum Gasteiger partial charge on any atom is -0.465 e. The second kappa shape index (κ2) is 9.82. The monoisotopic (exact) mass is 488 g/mol. The zero-order valence-corrected chi connectivity index (χ0v) is 19.7. The number of benzene rings is 2. The van der Waals surface area contributed by atoms with E-state index >= 15 is 0 Å². The van der Waals surface area contributed by atoms with Gasteiger partial charge >= 0.3 is 6.09 Å². The lowest BCUT2D eigenvalue weighted by Gasteiger charge is -2.35. The maximum atomic E-state index is 13.5. The van der Waals surface area contributed by atoms with Gasteiger partial charge in [-0.1, -0.05) is 18.6 Å². The fourth-order valence-corrected chi connectivity index (χ4v) is 4.98. The highest BCUT2D eigenvalue weighted by Crippen LogP contribution is 2.35. The van der Waals surface area contributed by atoms with Crippen LogP contribution in [0.1, 0.15) is 59.0 Å². The number of nitrogens with zero attached hydrogens (tertiary/aromatic N) is 2. The van der Waals surface area contributed by atoms with E-state index in [1.165, 1.54) is 0 Å². The molecule has 5 rings (SSSR count). The molecule has 3 aromatic rings. The van der Waals surface area contributed by atoms with Crippen LogP contribution in [0.15, 0.2) is 42.6 Å². The average Bonchev–Trinajstić information content (AvgIpc) is 3.33. The number of carboxylic acid groups (broad SMARTS) is 1. The number of aromatic nitrogens is 2. The first-order valence-electron chi connectivity index (χ1n) is 12.1. The van der Waals surface area contributed by atoms with Crippen LogP contribution < -0.4 is 16.4 Å². The molecule has 0 aliphatic carbocycles. The number of fused-ring (bicyclic) bond motifs is 5. The molecule has 36 heavy (non-hydrogen) atoms. The molecular weight excluding hydrogens is 460 g/mol. The molecule has 0 unspecified atom stereocenters. The lowest BCUT2D eigenvalue weighted by molar-refractivity contribution is -0.116. The van der Waals surface area contributed by atoms with Crippen molar-refractivity contribution in [3.8, 4) is 11.3 Å². The van der Waals surface area contributed by atoms with E-state index in [4.69, 9.17) is 15.8 Å². The van der Waals surface area contributed by atoms with Crippen LogP contribution in [-0.4, -0.2) is 44.4 Å². The fourth-order valence-electron chi connectivity index (χ4n) is 4.98. The quantitative estimate of drug-likeness (QED) is 0.377. The van der Waals surface area contributed by atoms with Gasteiger partial charge in [0.05, 0.1) is 17.4 Å². The van der Waals surface area contributed by atoms with Crippen molar-refractivity contribution >= 4 is 29.3 Å². The number of rotatable bonds is 3. The molecular formula is C26H28N6O4. The number of amides is 3. The van der Waals surface area contributed by atoms with Crippen molar-refractivity contribution in [1.82, 2.24) is 14.9 Å². The van der Waals surface area contributed by atoms with Crippen LogP contribution in [0.5, 0.6) is 0 Å².